The quantitative estimate of drug-likeness (QED) is 0.884. The van der Waals surface area contributed by atoms with Crippen molar-refractivity contribution in [3.63, 3.8) is 0 Å². The minimum absolute atomic E-state index is 0.0737. The number of hydrogen-bond acceptors (Lipinski definition) is 3. The number of aromatic nitrogens is 2. The van der Waals surface area contributed by atoms with Gasteiger partial charge in [0, 0.05) is 19.2 Å². The second kappa shape index (κ2) is 6.60. The number of aromatic carboxylic acids is 1. The van der Waals surface area contributed by atoms with Crippen LogP contribution in [0, 0.1) is 0 Å². The number of carbonyl (C=O) groups is 2. The molecule has 1 heterocycles. The predicted octanol–water partition coefficient (Wildman–Crippen LogP) is 2.92. The van der Waals surface area contributed by atoms with E-state index in [0.29, 0.717) is 15.7 Å². The van der Waals surface area contributed by atoms with Crippen molar-refractivity contribution in [2.45, 2.75) is 13.0 Å². The van der Waals surface area contributed by atoms with Crippen molar-refractivity contribution < 1.29 is 14.7 Å². The monoisotopic (exact) mass is 327 g/mol. The van der Waals surface area contributed by atoms with Crippen LogP contribution in [0.3, 0.4) is 0 Å². The number of aryl methyl sites for hydroxylation is 1. The van der Waals surface area contributed by atoms with Crippen LogP contribution in [-0.4, -0.2) is 26.8 Å². The Morgan fingerprint density at radius 3 is 2.52 bits per heavy atom. The van der Waals surface area contributed by atoms with Gasteiger partial charge in [0.25, 0.3) is 0 Å². The molecular formula is C13H11Cl2N3O3. The van der Waals surface area contributed by atoms with Gasteiger partial charge < -0.3 is 10.4 Å². The summed E-state index contributed by atoms with van der Waals surface area (Å²) in [7, 11) is 0. The molecule has 6 nitrogen and oxygen atoms in total. The van der Waals surface area contributed by atoms with Crippen molar-refractivity contribution in [1.29, 1.82) is 0 Å². The van der Waals surface area contributed by atoms with Crippen LogP contribution in [0.1, 0.15) is 16.8 Å². The summed E-state index contributed by atoms with van der Waals surface area (Å²) in [6.45, 7) is 0.251. The Labute approximate surface area is 130 Å². The van der Waals surface area contributed by atoms with Gasteiger partial charge in [0.05, 0.1) is 27.5 Å². The summed E-state index contributed by atoms with van der Waals surface area (Å²) < 4.78 is 1.39. The van der Waals surface area contributed by atoms with Crippen LogP contribution in [0.25, 0.3) is 0 Å². The van der Waals surface area contributed by atoms with Gasteiger partial charge in [0.15, 0.2) is 0 Å². The van der Waals surface area contributed by atoms with E-state index in [2.05, 4.69) is 10.4 Å². The van der Waals surface area contributed by atoms with Crippen molar-refractivity contribution in [2.24, 2.45) is 0 Å². The number of amides is 1. The van der Waals surface area contributed by atoms with Gasteiger partial charge in [-0.3, -0.25) is 9.48 Å². The van der Waals surface area contributed by atoms with E-state index in [-0.39, 0.29) is 24.4 Å². The molecule has 0 bridgehead atoms. The Morgan fingerprint density at radius 1 is 1.29 bits per heavy atom. The lowest BCUT2D eigenvalue weighted by atomic mass is 10.3. The van der Waals surface area contributed by atoms with E-state index in [1.807, 2.05) is 0 Å². The molecule has 1 amide bonds. The highest BCUT2D eigenvalue weighted by atomic mass is 35.5. The summed E-state index contributed by atoms with van der Waals surface area (Å²) in [4.78, 5) is 22.6. The Kier molecular flexibility index (Phi) is 4.82. The molecule has 1 aromatic carbocycles. The summed E-state index contributed by atoms with van der Waals surface area (Å²) >= 11 is 11.9. The molecule has 110 valence electrons. The van der Waals surface area contributed by atoms with Gasteiger partial charge in [0.1, 0.15) is 0 Å². The molecule has 0 saturated heterocycles. The zero-order valence-electron chi connectivity index (χ0n) is 10.7. The number of carboxylic acid groups (broad SMARTS) is 1. The maximum Gasteiger partial charge on any atom is 0.338 e. The predicted molar refractivity (Wildman–Crippen MR) is 78.9 cm³/mol. The van der Waals surface area contributed by atoms with Crippen molar-refractivity contribution in [3.8, 4) is 0 Å². The number of anilines is 1. The SMILES string of the molecule is O=C(CCn1cc(C(=O)O)cn1)Nc1c(Cl)cccc1Cl. The fraction of sp³-hybridized carbons (Fsp3) is 0.154. The topological polar surface area (TPSA) is 84.2 Å². The molecule has 21 heavy (non-hydrogen) atoms. The second-order valence-corrected chi connectivity index (χ2v) is 5.01. The third-order valence-electron chi connectivity index (χ3n) is 2.68. The molecule has 0 saturated carbocycles. The third-order valence-corrected chi connectivity index (χ3v) is 3.31. The molecular weight excluding hydrogens is 317 g/mol. The van der Waals surface area contributed by atoms with E-state index < -0.39 is 5.97 Å². The minimum atomic E-state index is -1.06. The van der Waals surface area contributed by atoms with Crippen molar-refractivity contribution in [2.75, 3.05) is 5.32 Å². The van der Waals surface area contributed by atoms with Gasteiger partial charge in [0.2, 0.25) is 5.91 Å². The number of rotatable bonds is 5. The van der Waals surface area contributed by atoms with E-state index in [1.165, 1.54) is 17.1 Å². The molecule has 0 aliphatic rings. The largest absolute Gasteiger partial charge is 0.478 e. The maximum absolute atomic E-state index is 11.8. The zero-order chi connectivity index (χ0) is 15.4. The van der Waals surface area contributed by atoms with Gasteiger partial charge >= 0.3 is 5.97 Å². The number of hydrogen-bond donors (Lipinski definition) is 2. The summed E-state index contributed by atoms with van der Waals surface area (Å²) in [5, 5.41) is 15.9. The lowest BCUT2D eigenvalue weighted by molar-refractivity contribution is -0.116. The van der Waals surface area contributed by atoms with Crippen LogP contribution in [0.2, 0.25) is 10.0 Å². The molecule has 0 fully saturated rings. The van der Waals surface area contributed by atoms with Gasteiger partial charge in [-0.05, 0) is 12.1 Å². The number of nitrogens with one attached hydrogen (secondary N) is 1. The van der Waals surface area contributed by atoms with Crippen molar-refractivity contribution in [3.05, 3.63) is 46.2 Å². The van der Waals surface area contributed by atoms with Crippen LogP contribution >= 0.6 is 23.2 Å². The first-order valence-corrected chi connectivity index (χ1v) is 6.72. The molecule has 0 aliphatic heterocycles. The van der Waals surface area contributed by atoms with Crippen LogP contribution in [-0.2, 0) is 11.3 Å². The maximum atomic E-state index is 11.8. The van der Waals surface area contributed by atoms with E-state index in [0.717, 1.165) is 0 Å². The molecule has 2 rings (SSSR count). The van der Waals surface area contributed by atoms with Crippen LogP contribution in [0.4, 0.5) is 5.69 Å². The second-order valence-electron chi connectivity index (χ2n) is 4.19. The standard InChI is InChI=1S/C13H11Cl2N3O3/c14-9-2-1-3-10(15)12(9)17-11(19)4-5-18-7-8(6-16-18)13(20)21/h1-3,6-7H,4-5H2,(H,17,19)(H,20,21). The zero-order valence-corrected chi connectivity index (χ0v) is 12.2. The first kappa shape index (κ1) is 15.3. The van der Waals surface area contributed by atoms with E-state index in [1.54, 1.807) is 18.2 Å². The first-order valence-electron chi connectivity index (χ1n) is 5.97. The summed E-state index contributed by atoms with van der Waals surface area (Å²) in [5.74, 6) is -1.36. The minimum Gasteiger partial charge on any atom is -0.478 e. The number of carboxylic acids is 1. The molecule has 0 atom stereocenters. The van der Waals surface area contributed by atoms with Crippen molar-refractivity contribution in [1.82, 2.24) is 9.78 Å². The summed E-state index contributed by atoms with van der Waals surface area (Å²) in [5.41, 5.74) is 0.432. The van der Waals surface area contributed by atoms with Crippen molar-refractivity contribution >= 4 is 40.8 Å². The van der Waals surface area contributed by atoms with Gasteiger partial charge in [-0.1, -0.05) is 29.3 Å². The van der Waals surface area contributed by atoms with Crippen LogP contribution in [0.15, 0.2) is 30.6 Å². The Bertz CT molecular complexity index is 665. The van der Waals surface area contributed by atoms with Gasteiger partial charge in [-0.15, -0.1) is 0 Å². The Hall–Kier alpha value is -2.05. The molecule has 0 spiro atoms. The fourth-order valence-electron chi connectivity index (χ4n) is 1.63. The third kappa shape index (κ3) is 3.96. The number of para-hydroxylation sites is 1. The van der Waals surface area contributed by atoms with Gasteiger partial charge in [-0.25, -0.2) is 4.79 Å². The highest BCUT2D eigenvalue weighted by Crippen LogP contribution is 2.29. The summed E-state index contributed by atoms with van der Waals surface area (Å²) in [6.07, 6.45) is 2.70. The Balaban J connectivity index is 1.94. The number of carbonyl (C=O) groups excluding carboxylic acids is 1. The van der Waals surface area contributed by atoms with E-state index >= 15 is 0 Å². The fourth-order valence-corrected chi connectivity index (χ4v) is 2.12. The molecule has 0 aliphatic carbocycles. The average Bonchev–Trinajstić information content (AvgIpc) is 2.90. The molecule has 0 unspecified atom stereocenters. The number of halogens is 2. The molecule has 0 radical (unpaired) electrons. The summed E-state index contributed by atoms with van der Waals surface area (Å²) in [6, 6.07) is 4.92. The molecule has 2 N–H and O–H groups in total. The lowest BCUT2D eigenvalue weighted by Gasteiger charge is -2.09. The smallest absolute Gasteiger partial charge is 0.338 e. The Morgan fingerprint density at radius 2 is 1.95 bits per heavy atom. The first-order chi connectivity index (χ1) is 9.97. The molecule has 1 aromatic heterocycles. The average molecular weight is 328 g/mol. The highest BCUT2D eigenvalue weighted by molar-refractivity contribution is 6.39. The highest BCUT2D eigenvalue weighted by Gasteiger charge is 2.11. The molecule has 2 aromatic rings. The van der Waals surface area contributed by atoms with Crippen LogP contribution in [0.5, 0.6) is 0 Å². The van der Waals surface area contributed by atoms with E-state index in [4.69, 9.17) is 28.3 Å². The lowest BCUT2D eigenvalue weighted by Crippen LogP contribution is -2.15. The number of benzene rings is 1. The van der Waals surface area contributed by atoms with Gasteiger partial charge in [-0.2, -0.15) is 5.10 Å². The molecule has 8 heteroatoms. The van der Waals surface area contributed by atoms with Crippen LogP contribution < -0.4 is 5.32 Å². The van der Waals surface area contributed by atoms with E-state index in [9.17, 15) is 9.59 Å². The number of nitrogens with zero attached hydrogens (tertiary/aromatic N) is 2. The normalized spacial score (nSPS) is 10.4.